The zero-order valence-corrected chi connectivity index (χ0v) is 39.0. The first-order chi connectivity index (χ1) is 31.8. The van der Waals surface area contributed by atoms with E-state index in [0.29, 0.717) is 65.6 Å². The number of fused-ring (bicyclic) bond motifs is 2. The summed E-state index contributed by atoms with van der Waals surface area (Å²) in [5, 5.41) is 24.3. The van der Waals surface area contributed by atoms with Crippen LogP contribution in [0.1, 0.15) is 25.7 Å². The van der Waals surface area contributed by atoms with Gasteiger partial charge in [0.15, 0.2) is 0 Å². The molecule has 0 spiro atoms. The Bertz CT molecular complexity index is 2310. The lowest BCUT2D eigenvalue weighted by Gasteiger charge is -2.25. The van der Waals surface area contributed by atoms with E-state index in [0.717, 1.165) is 80.2 Å². The number of nitrogens with zero attached hydrogens (tertiary/aromatic N) is 3. The van der Waals surface area contributed by atoms with Gasteiger partial charge in [0.1, 0.15) is 11.5 Å². The van der Waals surface area contributed by atoms with Gasteiger partial charge in [-0.2, -0.15) is 0 Å². The van der Waals surface area contributed by atoms with E-state index in [2.05, 4.69) is 104 Å². The van der Waals surface area contributed by atoms with Crippen LogP contribution in [0.4, 0.5) is 11.4 Å². The molecule has 6 aromatic rings. The van der Waals surface area contributed by atoms with Gasteiger partial charge in [-0.3, -0.25) is 29.1 Å². The summed E-state index contributed by atoms with van der Waals surface area (Å²) >= 11 is 3.45. The van der Waals surface area contributed by atoms with E-state index in [1.165, 1.54) is 9.40 Å². The standard InChI is InChI=1S/C50H61N7O6S2/c1-51-38-19-15-36(16-20-38)49-47(40-11-3-5-13-42(40)64-49)62-31-9-7-23-53-44(58)33-55-25-26-56(28-30-57(29-27-55)35-46(60)61)34-45(59)54-24-8-10-32-63-48-41-12-4-6-14-43(41)65-50(48)37-17-21-39(52-2)22-18-37/h3-6,11-22,51-52H,7-10,23-35H2,1-2H3,(H,53,58)(H,54,59)(H,60,61). The number of unbranched alkanes of at least 4 members (excludes halogenated alkanes) is 2. The van der Waals surface area contributed by atoms with Crippen molar-refractivity contribution in [1.29, 1.82) is 0 Å². The molecule has 5 N–H and O–H groups in total. The average molecular weight is 920 g/mol. The normalized spacial score (nSPS) is 14.1. The number of carboxylic acids is 1. The monoisotopic (exact) mass is 919 g/mol. The van der Waals surface area contributed by atoms with Gasteiger partial charge in [0.05, 0.1) is 42.6 Å². The topological polar surface area (TPSA) is 148 Å². The summed E-state index contributed by atoms with van der Waals surface area (Å²) in [4.78, 5) is 46.2. The highest BCUT2D eigenvalue weighted by Crippen LogP contribution is 2.46. The zero-order chi connectivity index (χ0) is 45.4. The van der Waals surface area contributed by atoms with Crippen LogP contribution < -0.4 is 30.7 Å². The predicted octanol–water partition coefficient (Wildman–Crippen LogP) is 7.79. The van der Waals surface area contributed by atoms with Gasteiger partial charge in [0.2, 0.25) is 11.8 Å². The van der Waals surface area contributed by atoms with Crippen LogP contribution in [0.25, 0.3) is 41.1 Å². The summed E-state index contributed by atoms with van der Waals surface area (Å²) in [5.41, 5.74) is 4.34. The van der Waals surface area contributed by atoms with Crippen molar-refractivity contribution < 1.29 is 29.0 Å². The third-order valence-electron chi connectivity index (χ3n) is 11.5. The van der Waals surface area contributed by atoms with Gasteiger partial charge in [-0.15, -0.1) is 22.7 Å². The molecule has 0 aliphatic carbocycles. The minimum atomic E-state index is -0.899. The Hall–Kier alpha value is -5.71. The van der Waals surface area contributed by atoms with Crippen LogP contribution in [0.2, 0.25) is 0 Å². The van der Waals surface area contributed by atoms with Crippen molar-refractivity contribution in [3.05, 3.63) is 97.1 Å². The third kappa shape index (κ3) is 13.4. The summed E-state index contributed by atoms with van der Waals surface area (Å²) in [6, 6.07) is 33.3. The van der Waals surface area contributed by atoms with Crippen molar-refractivity contribution in [1.82, 2.24) is 25.3 Å². The van der Waals surface area contributed by atoms with Crippen LogP contribution in [0.15, 0.2) is 97.1 Å². The number of carboxylic acid groups (broad SMARTS) is 1. The summed E-state index contributed by atoms with van der Waals surface area (Å²) in [7, 11) is 3.82. The van der Waals surface area contributed by atoms with Crippen LogP contribution in [-0.4, -0.2) is 137 Å². The number of anilines is 2. The van der Waals surface area contributed by atoms with E-state index in [9.17, 15) is 19.5 Å². The summed E-state index contributed by atoms with van der Waals surface area (Å²) in [6.45, 7) is 5.72. The van der Waals surface area contributed by atoms with Crippen molar-refractivity contribution >= 4 is 72.0 Å². The molecule has 2 aromatic heterocycles. The first-order valence-electron chi connectivity index (χ1n) is 22.5. The van der Waals surface area contributed by atoms with Crippen LogP contribution >= 0.6 is 22.7 Å². The molecule has 4 aromatic carbocycles. The molecule has 0 unspecified atom stereocenters. The van der Waals surface area contributed by atoms with Crippen LogP contribution in [0, 0.1) is 0 Å². The fraction of sp³-hybridized carbons (Fsp3) is 0.380. The van der Waals surface area contributed by atoms with E-state index in [1.54, 1.807) is 22.7 Å². The lowest BCUT2D eigenvalue weighted by Crippen LogP contribution is -2.44. The highest BCUT2D eigenvalue weighted by atomic mass is 32.1. The van der Waals surface area contributed by atoms with E-state index in [-0.39, 0.29) is 31.4 Å². The quantitative estimate of drug-likeness (QED) is 0.0426. The smallest absolute Gasteiger partial charge is 0.317 e. The molecule has 0 radical (unpaired) electrons. The van der Waals surface area contributed by atoms with Crippen molar-refractivity contribution in [3.8, 4) is 32.4 Å². The van der Waals surface area contributed by atoms with Crippen LogP contribution in [0.5, 0.6) is 11.5 Å². The lowest BCUT2D eigenvalue weighted by atomic mass is 10.1. The van der Waals surface area contributed by atoms with Crippen molar-refractivity contribution in [2.45, 2.75) is 25.7 Å². The number of carbonyl (C=O) groups is 3. The van der Waals surface area contributed by atoms with Gasteiger partial charge in [0.25, 0.3) is 0 Å². The molecule has 15 heteroatoms. The van der Waals surface area contributed by atoms with E-state index in [4.69, 9.17) is 9.47 Å². The molecule has 65 heavy (non-hydrogen) atoms. The summed E-state index contributed by atoms with van der Waals surface area (Å²) < 4.78 is 15.2. The average Bonchev–Trinajstić information content (AvgIpc) is 3.90. The second kappa shape index (κ2) is 24.0. The number of hydrogen-bond acceptors (Lipinski definition) is 12. The Kier molecular flexibility index (Phi) is 17.4. The highest BCUT2D eigenvalue weighted by Gasteiger charge is 2.22. The zero-order valence-electron chi connectivity index (χ0n) is 37.4. The fourth-order valence-electron chi connectivity index (χ4n) is 7.91. The van der Waals surface area contributed by atoms with Crippen LogP contribution in [0.3, 0.4) is 0 Å². The Labute approximate surface area is 389 Å². The lowest BCUT2D eigenvalue weighted by molar-refractivity contribution is -0.138. The number of ether oxygens (including phenoxy) is 2. The number of benzene rings is 4. The molecule has 7 rings (SSSR count). The number of thiophene rings is 2. The van der Waals surface area contributed by atoms with Gasteiger partial charge in [0, 0.05) is 98.0 Å². The van der Waals surface area contributed by atoms with E-state index < -0.39 is 5.97 Å². The minimum Gasteiger partial charge on any atom is -0.491 e. The maximum absolute atomic E-state index is 13.2. The van der Waals surface area contributed by atoms with Crippen molar-refractivity contribution in [3.63, 3.8) is 0 Å². The van der Waals surface area contributed by atoms with Gasteiger partial charge in [-0.1, -0.05) is 48.5 Å². The highest BCUT2D eigenvalue weighted by molar-refractivity contribution is 7.23. The number of rotatable bonds is 22. The molecule has 3 heterocycles. The predicted molar refractivity (Wildman–Crippen MR) is 266 cm³/mol. The van der Waals surface area contributed by atoms with Gasteiger partial charge in [-0.05, 0) is 85.3 Å². The molecule has 1 saturated heterocycles. The maximum Gasteiger partial charge on any atom is 0.317 e. The fourth-order valence-corrected chi connectivity index (χ4v) is 10.2. The molecule has 13 nitrogen and oxygen atoms in total. The van der Waals surface area contributed by atoms with Gasteiger partial charge < -0.3 is 35.8 Å². The Balaban J connectivity index is 0.831. The number of hydrogen-bond donors (Lipinski definition) is 5. The van der Waals surface area contributed by atoms with Crippen LogP contribution in [-0.2, 0) is 14.4 Å². The molecule has 0 bridgehead atoms. The van der Waals surface area contributed by atoms with E-state index >= 15 is 0 Å². The Morgan fingerprint density at radius 1 is 0.538 bits per heavy atom. The summed E-state index contributed by atoms with van der Waals surface area (Å²) in [6.07, 6.45) is 3.09. The first kappa shape index (κ1) is 47.3. The number of aliphatic carboxylic acids is 1. The third-order valence-corrected chi connectivity index (χ3v) is 13.9. The Morgan fingerprint density at radius 2 is 0.923 bits per heavy atom. The second-order valence-corrected chi connectivity index (χ2v) is 18.3. The van der Waals surface area contributed by atoms with Gasteiger partial charge in [-0.25, -0.2) is 0 Å². The number of carbonyl (C=O) groups excluding carboxylic acids is 2. The van der Waals surface area contributed by atoms with E-state index in [1.807, 2.05) is 43.3 Å². The molecule has 0 atom stereocenters. The minimum absolute atomic E-state index is 0.0778. The molecule has 1 fully saturated rings. The molecular formula is C50H61N7O6S2. The maximum atomic E-state index is 13.2. The molecular weight excluding hydrogens is 859 g/mol. The molecule has 1 aliphatic rings. The number of nitrogens with one attached hydrogen (secondary N) is 4. The largest absolute Gasteiger partial charge is 0.491 e. The molecule has 2 amide bonds. The van der Waals surface area contributed by atoms with Crippen molar-refractivity contribution in [2.75, 3.05) is 110 Å². The Morgan fingerprint density at radius 3 is 1.31 bits per heavy atom. The molecule has 1 aliphatic heterocycles. The second-order valence-electron chi connectivity index (χ2n) is 16.2. The molecule has 0 saturated carbocycles. The first-order valence-corrected chi connectivity index (χ1v) is 24.2. The van der Waals surface area contributed by atoms with Crippen molar-refractivity contribution in [2.24, 2.45) is 0 Å². The van der Waals surface area contributed by atoms with Gasteiger partial charge >= 0.3 is 5.97 Å². The SMILES string of the molecule is CNc1ccc(-c2sc3ccccc3c2OCCCCNC(=O)CN2CCN(CC(=O)O)CCN(CC(=O)NCCCCOc3c(-c4ccc(NC)cc4)sc4ccccc34)CC2)cc1. The number of amides is 2. The molecule has 344 valence electrons. The summed E-state index contributed by atoms with van der Waals surface area (Å²) in [5.74, 6) is 0.741.